The minimum absolute atomic E-state index is 0.218. The van der Waals surface area contributed by atoms with Crippen LogP contribution in [0.4, 0.5) is 5.69 Å². The van der Waals surface area contributed by atoms with E-state index in [4.69, 9.17) is 21.7 Å². The van der Waals surface area contributed by atoms with Gasteiger partial charge in [-0.25, -0.2) is 0 Å². The lowest BCUT2D eigenvalue weighted by Crippen LogP contribution is -2.47. The quantitative estimate of drug-likeness (QED) is 0.505. The van der Waals surface area contributed by atoms with Crippen LogP contribution >= 0.6 is 24.0 Å². The van der Waals surface area contributed by atoms with Gasteiger partial charge in [-0.3, -0.25) is 4.79 Å². The fraction of sp³-hybridized carbons (Fsp3) is 0.304. The van der Waals surface area contributed by atoms with Gasteiger partial charge in [0, 0.05) is 30.8 Å². The summed E-state index contributed by atoms with van der Waals surface area (Å²) in [6.07, 6.45) is 2.04. The van der Waals surface area contributed by atoms with Crippen LogP contribution in [0.2, 0.25) is 0 Å². The third kappa shape index (κ3) is 4.50. The lowest BCUT2D eigenvalue weighted by molar-refractivity contribution is -0.113. The SMILES string of the molecule is COc1ccc(OC)c(NC(=O)C2=C(C)N(C)C(=S)N(C)[C@H]2c2ccc(SC)cc2)c1. The van der Waals surface area contributed by atoms with Gasteiger partial charge in [-0.2, -0.15) is 0 Å². The van der Waals surface area contributed by atoms with Crippen molar-refractivity contribution in [1.82, 2.24) is 9.80 Å². The molecule has 3 rings (SSSR count). The number of carbonyl (C=O) groups excluding carboxylic acids is 1. The Morgan fingerprint density at radius 3 is 2.35 bits per heavy atom. The maximum Gasteiger partial charge on any atom is 0.255 e. The van der Waals surface area contributed by atoms with Gasteiger partial charge in [0.25, 0.3) is 5.91 Å². The van der Waals surface area contributed by atoms with Crippen molar-refractivity contribution in [3.05, 3.63) is 59.3 Å². The van der Waals surface area contributed by atoms with Crippen molar-refractivity contribution in [2.45, 2.75) is 17.9 Å². The number of nitrogens with one attached hydrogen (secondary N) is 1. The molecule has 2 aromatic rings. The molecule has 2 aromatic carbocycles. The summed E-state index contributed by atoms with van der Waals surface area (Å²) < 4.78 is 10.7. The van der Waals surface area contributed by atoms with E-state index in [-0.39, 0.29) is 11.9 Å². The molecule has 0 spiro atoms. The topological polar surface area (TPSA) is 54.0 Å². The number of benzene rings is 2. The second-order valence-electron chi connectivity index (χ2n) is 7.15. The number of nitrogens with zero attached hydrogens (tertiary/aromatic N) is 2. The molecule has 164 valence electrons. The van der Waals surface area contributed by atoms with Crippen LogP contribution in [0.5, 0.6) is 11.5 Å². The van der Waals surface area contributed by atoms with Gasteiger partial charge in [0.2, 0.25) is 0 Å². The number of hydrogen-bond donors (Lipinski definition) is 1. The number of likely N-dealkylation sites (N-methyl/N-ethyl adjacent to an activating group) is 1. The van der Waals surface area contributed by atoms with E-state index in [1.165, 1.54) is 0 Å². The Morgan fingerprint density at radius 2 is 1.77 bits per heavy atom. The van der Waals surface area contributed by atoms with E-state index in [0.29, 0.717) is 27.9 Å². The van der Waals surface area contributed by atoms with Crippen LogP contribution in [0.1, 0.15) is 18.5 Å². The number of anilines is 1. The van der Waals surface area contributed by atoms with E-state index < -0.39 is 0 Å². The number of ether oxygens (including phenoxy) is 2. The van der Waals surface area contributed by atoms with E-state index >= 15 is 0 Å². The average molecular weight is 458 g/mol. The molecule has 31 heavy (non-hydrogen) atoms. The molecule has 1 aliphatic rings. The van der Waals surface area contributed by atoms with E-state index in [0.717, 1.165) is 16.2 Å². The monoisotopic (exact) mass is 457 g/mol. The number of thioether (sulfide) groups is 1. The molecule has 0 unspecified atom stereocenters. The van der Waals surface area contributed by atoms with Gasteiger partial charge >= 0.3 is 0 Å². The van der Waals surface area contributed by atoms with Crippen molar-refractivity contribution in [2.24, 2.45) is 0 Å². The van der Waals surface area contributed by atoms with Gasteiger partial charge in [0.15, 0.2) is 5.11 Å². The van der Waals surface area contributed by atoms with Gasteiger partial charge in [-0.1, -0.05) is 12.1 Å². The summed E-state index contributed by atoms with van der Waals surface area (Å²) in [6, 6.07) is 13.2. The third-order valence-electron chi connectivity index (χ3n) is 5.47. The zero-order valence-electron chi connectivity index (χ0n) is 18.6. The van der Waals surface area contributed by atoms with E-state index in [2.05, 4.69) is 17.4 Å². The van der Waals surface area contributed by atoms with Crippen molar-refractivity contribution in [3.63, 3.8) is 0 Å². The molecule has 1 N–H and O–H groups in total. The fourth-order valence-electron chi connectivity index (χ4n) is 3.63. The Hall–Kier alpha value is -2.71. The van der Waals surface area contributed by atoms with Crippen molar-refractivity contribution in [3.8, 4) is 11.5 Å². The number of thiocarbonyl (C=S) groups is 1. The summed E-state index contributed by atoms with van der Waals surface area (Å²) in [4.78, 5) is 18.6. The summed E-state index contributed by atoms with van der Waals surface area (Å²) in [6.45, 7) is 1.92. The Labute approximate surface area is 193 Å². The fourth-order valence-corrected chi connectivity index (χ4v) is 4.28. The molecular weight excluding hydrogens is 430 g/mol. The van der Waals surface area contributed by atoms with Crippen molar-refractivity contribution in [1.29, 1.82) is 0 Å². The molecule has 0 aliphatic carbocycles. The Bertz CT molecular complexity index is 1020. The first kappa shape index (κ1) is 23.0. The van der Waals surface area contributed by atoms with Gasteiger partial charge in [0.1, 0.15) is 11.5 Å². The first-order chi connectivity index (χ1) is 14.8. The van der Waals surface area contributed by atoms with Crippen LogP contribution in [0.25, 0.3) is 0 Å². The maximum absolute atomic E-state index is 13.6. The van der Waals surface area contributed by atoms with Crippen molar-refractivity contribution >= 4 is 40.7 Å². The summed E-state index contributed by atoms with van der Waals surface area (Å²) in [5.74, 6) is 0.968. The zero-order chi connectivity index (χ0) is 22.7. The van der Waals surface area contributed by atoms with Crippen LogP contribution < -0.4 is 14.8 Å². The highest BCUT2D eigenvalue weighted by Gasteiger charge is 2.36. The van der Waals surface area contributed by atoms with Crippen LogP contribution in [-0.4, -0.2) is 55.4 Å². The summed E-state index contributed by atoms with van der Waals surface area (Å²) in [5, 5.41) is 3.67. The van der Waals surface area contributed by atoms with E-state index in [1.807, 2.05) is 49.2 Å². The third-order valence-corrected chi connectivity index (χ3v) is 6.78. The standard InChI is InChI=1S/C23H27N3O3S2/c1-14-20(22(27)24-18-13-16(28-4)9-12-19(18)29-5)21(26(3)23(30)25(14)2)15-7-10-17(31-6)11-8-15/h7-13,21H,1-6H3,(H,24,27)/t21-/m0/s1. The summed E-state index contributed by atoms with van der Waals surface area (Å²) >= 11 is 7.32. The second-order valence-corrected chi connectivity index (χ2v) is 8.39. The first-order valence-electron chi connectivity index (χ1n) is 9.71. The number of hydrogen-bond acceptors (Lipinski definition) is 5. The van der Waals surface area contributed by atoms with Gasteiger partial charge in [-0.05, 0) is 55.2 Å². The summed E-state index contributed by atoms with van der Waals surface area (Å²) in [5.41, 5.74) is 2.97. The molecule has 0 aromatic heterocycles. The Morgan fingerprint density at radius 1 is 1.10 bits per heavy atom. The van der Waals surface area contributed by atoms with Crippen LogP contribution in [-0.2, 0) is 4.79 Å². The number of amides is 1. The predicted molar refractivity (Wildman–Crippen MR) is 130 cm³/mol. The molecule has 0 saturated heterocycles. The van der Waals surface area contributed by atoms with Gasteiger partial charge in [-0.15, -0.1) is 11.8 Å². The molecule has 0 saturated carbocycles. The highest BCUT2D eigenvalue weighted by Crippen LogP contribution is 2.38. The molecule has 8 heteroatoms. The molecular formula is C23H27N3O3S2. The molecule has 1 amide bonds. The average Bonchev–Trinajstić information content (AvgIpc) is 2.79. The normalized spacial score (nSPS) is 16.5. The lowest BCUT2D eigenvalue weighted by atomic mass is 9.93. The molecule has 1 atom stereocenters. The van der Waals surface area contributed by atoms with Gasteiger partial charge < -0.3 is 24.6 Å². The van der Waals surface area contributed by atoms with Crippen molar-refractivity contribution < 1.29 is 14.3 Å². The Kier molecular flexibility index (Phi) is 7.12. The highest BCUT2D eigenvalue weighted by molar-refractivity contribution is 7.98. The minimum Gasteiger partial charge on any atom is -0.497 e. The van der Waals surface area contributed by atoms with Crippen LogP contribution in [0, 0.1) is 0 Å². The first-order valence-corrected chi connectivity index (χ1v) is 11.3. The maximum atomic E-state index is 13.6. The van der Waals surface area contributed by atoms with Crippen LogP contribution in [0.3, 0.4) is 0 Å². The summed E-state index contributed by atoms with van der Waals surface area (Å²) in [7, 11) is 6.94. The second kappa shape index (κ2) is 9.62. The smallest absolute Gasteiger partial charge is 0.255 e. The van der Waals surface area contributed by atoms with E-state index in [9.17, 15) is 4.79 Å². The molecule has 1 aliphatic heterocycles. The molecule has 1 heterocycles. The number of carbonyl (C=O) groups is 1. The number of rotatable bonds is 6. The number of allylic oxidation sites excluding steroid dienone is 1. The number of methoxy groups -OCH3 is 2. The molecule has 0 bridgehead atoms. The highest BCUT2D eigenvalue weighted by atomic mass is 32.2. The molecule has 0 radical (unpaired) electrons. The largest absolute Gasteiger partial charge is 0.497 e. The predicted octanol–water partition coefficient (Wildman–Crippen LogP) is 4.54. The lowest BCUT2D eigenvalue weighted by Gasteiger charge is -2.42. The minimum atomic E-state index is -0.309. The van der Waals surface area contributed by atoms with E-state index in [1.54, 1.807) is 44.2 Å². The Balaban J connectivity index is 2.05. The molecule has 0 fully saturated rings. The van der Waals surface area contributed by atoms with Crippen LogP contribution in [0.15, 0.2) is 58.6 Å². The van der Waals surface area contributed by atoms with Crippen molar-refractivity contribution in [2.75, 3.05) is 39.9 Å². The van der Waals surface area contributed by atoms with Gasteiger partial charge in [0.05, 0.1) is 31.5 Å². The molecule has 6 nitrogen and oxygen atoms in total. The zero-order valence-corrected chi connectivity index (χ0v) is 20.2.